The molecule has 168 valence electrons. The molecule has 0 aliphatic carbocycles. The van der Waals surface area contributed by atoms with Crippen LogP contribution in [0.1, 0.15) is 30.0 Å². The largest absolute Gasteiger partial charge is 0.465 e. The normalized spacial score (nSPS) is 14.4. The summed E-state index contributed by atoms with van der Waals surface area (Å²) >= 11 is 0. The van der Waals surface area contributed by atoms with E-state index in [0.717, 1.165) is 0 Å². The van der Waals surface area contributed by atoms with Crippen molar-refractivity contribution in [1.82, 2.24) is 0 Å². The van der Waals surface area contributed by atoms with Crippen LogP contribution in [0.15, 0.2) is 91.0 Å². The fraction of sp³-hybridized carbons (Fsp3) is 0.296. The highest BCUT2D eigenvalue weighted by Gasteiger charge is 2.60. The van der Waals surface area contributed by atoms with Crippen molar-refractivity contribution in [3.63, 3.8) is 0 Å². The van der Waals surface area contributed by atoms with Gasteiger partial charge >= 0.3 is 5.97 Å². The van der Waals surface area contributed by atoms with Crippen molar-refractivity contribution in [3.05, 3.63) is 108 Å². The first-order chi connectivity index (χ1) is 15.5. The van der Waals surface area contributed by atoms with Gasteiger partial charge in [0.25, 0.3) is 0 Å². The van der Waals surface area contributed by atoms with Gasteiger partial charge in [-0.15, -0.1) is 0 Å². The van der Waals surface area contributed by atoms with E-state index < -0.39 is 23.1 Å². The van der Waals surface area contributed by atoms with Crippen molar-refractivity contribution in [2.75, 3.05) is 20.3 Å². The van der Waals surface area contributed by atoms with Gasteiger partial charge in [-0.2, -0.15) is 0 Å². The highest BCUT2D eigenvalue weighted by molar-refractivity contribution is 5.90. The summed E-state index contributed by atoms with van der Waals surface area (Å²) in [5, 5.41) is 23.4. The highest BCUT2D eigenvalue weighted by Crippen LogP contribution is 2.51. The van der Waals surface area contributed by atoms with Crippen LogP contribution in [-0.2, 0) is 25.3 Å². The van der Waals surface area contributed by atoms with E-state index >= 15 is 0 Å². The number of aliphatic hydroxyl groups excluding tert-OH is 1. The number of methoxy groups -OCH3 is 1. The molecule has 3 aromatic rings. The minimum absolute atomic E-state index is 0.0115. The third-order valence-electron chi connectivity index (χ3n) is 5.76. The zero-order valence-electron chi connectivity index (χ0n) is 18.5. The number of hydrogen-bond acceptors (Lipinski definition) is 5. The maximum atomic E-state index is 13.9. The Bertz CT molecular complexity index is 935. The molecule has 3 rings (SSSR count). The van der Waals surface area contributed by atoms with Gasteiger partial charge < -0.3 is 19.7 Å². The molecule has 2 unspecified atom stereocenters. The molecule has 5 nitrogen and oxygen atoms in total. The fourth-order valence-electron chi connectivity index (χ4n) is 4.46. The van der Waals surface area contributed by atoms with Crippen molar-refractivity contribution < 1.29 is 24.5 Å². The maximum Gasteiger partial charge on any atom is 0.324 e. The Morgan fingerprint density at radius 2 is 1.28 bits per heavy atom. The van der Waals surface area contributed by atoms with E-state index in [0.29, 0.717) is 16.7 Å². The van der Waals surface area contributed by atoms with Crippen molar-refractivity contribution in [1.29, 1.82) is 0 Å². The molecule has 0 heterocycles. The van der Waals surface area contributed by atoms with Gasteiger partial charge in [0.05, 0.1) is 19.3 Å². The SMILES string of the molecule is CCOC(=O)C(c1ccccc1)(c1ccccc1)C(O)(CC(O)COC)c1ccccc1. The third-order valence-corrected chi connectivity index (χ3v) is 5.76. The van der Waals surface area contributed by atoms with Gasteiger partial charge in [-0.1, -0.05) is 91.0 Å². The minimum Gasteiger partial charge on any atom is -0.465 e. The Hall–Kier alpha value is -2.99. The van der Waals surface area contributed by atoms with Crippen LogP contribution in [0.5, 0.6) is 0 Å². The summed E-state index contributed by atoms with van der Waals surface area (Å²) in [5.74, 6) is -0.589. The quantitative estimate of drug-likeness (QED) is 0.475. The van der Waals surface area contributed by atoms with Crippen LogP contribution >= 0.6 is 0 Å². The number of carbonyl (C=O) groups is 1. The van der Waals surface area contributed by atoms with Crippen LogP contribution in [0.2, 0.25) is 0 Å². The first-order valence-corrected chi connectivity index (χ1v) is 10.7. The van der Waals surface area contributed by atoms with Gasteiger partial charge in [-0.05, 0) is 23.6 Å². The molecule has 0 aromatic heterocycles. The molecule has 0 aliphatic heterocycles. The zero-order chi connectivity index (χ0) is 23.0. The van der Waals surface area contributed by atoms with Crippen molar-refractivity contribution in [2.24, 2.45) is 0 Å². The third kappa shape index (κ3) is 4.32. The summed E-state index contributed by atoms with van der Waals surface area (Å²) in [7, 11) is 1.48. The fourth-order valence-corrected chi connectivity index (χ4v) is 4.46. The molecule has 32 heavy (non-hydrogen) atoms. The minimum atomic E-state index is -1.85. The van der Waals surface area contributed by atoms with E-state index in [9.17, 15) is 15.0 Å². The molecule has 0 saturated carbocycles. The number of hydrogen-bond donors (Lipinski definition) is 2. The van der Waals surface area contributed by atoms with Gasteiger partial charge in [-0.3, -0.25) is 4.79 Å². The van der Waals surface area contributed by atoms with E-state index in [1.807, 2.05) is 42.5 Å². The van der Waals surface area contributed by atoms with Crippen molar-refractivity contribution in [2.45, 2.75) is 30.5 Å². The lowest BCUT2D eigenvalue weighted by Gasteiger charge is -2.47. The standard InChI is InChI=1S/C27H30O5/c1-3-32-25(29)27(22-15-9-5-10-16-22,23-17-11-6-12-18-23)26(30,19-24(28)20-31-2)21-13-7-4-8-14-21/h4-18,24,28,30H,3,19-20H2,1-2H3. The van der Waals surface area contributed by atoms with Crippen LogP contribution < -0.4 is 0 Å². The highest BCUT2D eigenvalue weighted by atomic mass is 16.5. The Kier molecular flexibility index (Phi) is 7.80. The van der Waals surface area contributed by atoms with Gasteiger partial charge in [-0.25, -0.2) is 0 Å². The lowest BCUT2D eigenvalue weighted by atomic mass is 9.59. The first-order valence-electron chi connectivity index (χ1n) is 10.7. The molecular weight excluding hydrogens is 404 g/mol. The summed E-state index contributed by atoms with van der Waals surface area (Å²) in [6.45, 7) is 1.89. The zero-order valence-corrected chi connectivity index (χ0v) is 18.5. The molecule has 0 amide bonds. The molecular formula is C27H30O5. The van der Waals surface area contributed by atoms with Crippen LogP contribution in [0, 0.1) is 0 Å². The van der Waals surface area contributed by atoms with Gasteiger partial charge in [0.1, 0.15) is 5.60 Å². The number of esters is 1. The summed E-state index contributed by atoms with van der Waals surface area (Å²) in [6, 6.07) is 27.2. The number of benzene rings is 3. The topological polar surface area (TPSA) is 76.0 Å². The molecule has 5 heteroatoms. The molecule has 0 radical (unpaired) electrons. The Morgan fingerprint density at radius 1 is 0.844 bits per heavy atom. The number of rotatable bonds is 10. The van der Waals surface area contributed by atoms with Gasteiger partial charge in [0.2, 0.25) is 0 Å². The molecule has 0 bridgehead atoms. The van der Waals surface area contributed by atoms with Crippen molar-refractivity contribution in [3.8, 4) is 0 Å². The first kappa shape index (κ1) is 23.7. The molecule has 2 N–H and O–H groups in total. The van der Waals surface area contributed by atoms with Crippen molar-refractivity contribution >= 4 is 5.97 Å². The van der Waals surface area contributed by atoms with E-state index in [4.69, 9.17) is 9.47 Å². The second-order valence-corrected chi connectivity index (χ2v) is 7.74. The predicted octanol–water partition coefficient (Wildman–Crippen LogP) is 3.82. The molecule has 3 aromatic carbocycles. The molecule has 2 atom stereocenters. The lowest BCUT2D eigenvalue weighted by Crippen LogP contribution is -2.57. The molecule has 0 saturated heterocycles. The second kappa shape index (κ2) is 10.6. The average molecular weight is 435 g/mol. The summed E-state index contributed by atoms with van der Waals surface area (Å²) in [4.78, 5) is 13.9. The Morgan fingerprint density at radius 3 is 1.69 bits per heavy atom. The monoisotopic (exact) mass is 434 g/mol. The summed E-state index contributed by atoms with van der Waals surface area (Å²) < 4.78 is 10.8. The second-order valence-electron chi connectivity index (χ2n) is 7.74. The summed E-state index contributed by atoms with van der Waals surface area (Å²) in [5.41, 5.74) is -1.85. The summed E-state index contributed by atoms with van der Waals surface area (Å²) in [6.07, 6.45) is -1.17. The molecule has 0 fully saturated rings. The van der Waals surface area contributed by atoms with Gasteiger partial charge in [0, 0.05) is 13.5 Å². The molecule has 0 spiro atoms. The molecule has 0 aliphatic rings. The van der Waals surface area contributed by atoms with Crippen LogP contribution in [0.25, 0.3) is 0 Å². The van der Waals surface area contributed by atoms with E-state index in [2.05, 4.69) is 0 Å². The average Bonchev–Trinajstić information content (AvgIpc) is 2.82. The Balaban J connectivity index is 2.42. The Labute approximate surface area is 189 Å². The van der Waals surface area contributed by atoms with E-state index in [-0.39, 0.29) is 19.6 Å². The van der Waals surface area contributed by atoms with E-state index in [1.165, 1.54) is 7.11 Å². The van der Waals surface area contributed by atoms with Crippen LogP contribution in [-0.4, -0.2) is 42.6 Å². The van der Waals surface area contributed by atoms with Crippen LogP contribution in [0.4, 0.5) is 0 Å². The smallest absolute Gasteiger partial charge is 0.324 e. The van der Waals surface area contributed by atoms with Crippen LogP contribution in [0.3, 0.4) is 0 Å². The number of aliphatic hydroxyl groups is 2. The van der Waals surface area contributed by atoms with Gasteiger partial charge in [0.15, 0.2) is 5.41 Å². The lowest BCUT2D eigenvalue weighted by molar-refractivity contribution is -0.164. The maximum absolute atomic E-state index is 13.9. The number of carbonyl (C=O) groups excluding carboxylic acids is 1. The van der Waals surface area contributed by atoms with E-state index in [1.54, 1.807) is 55.5 Å². The number of ether oxygens (including phenoxy) is 2. The predicted molar refractivity (Wildman–Crippen MR) is 123 cm³/mol.